The fourth-order valence-corrected chi connectivity index (χ4v) is 1.99. The van der Waals surface area contributed by atoms with Gasteiger partial charge >= 0.3 is 0 Å². The molecule has 18 heavy (non-hydrogen) atoms. The van der Waals surface area contributed by atoms with Crippen molar-refractivity contribution in [3.63, 3.8) is 0 Å². The smallest absolute Gasteiger partial charge is 0.229 e. The van der Waals surface area contributed by atoms with E-state index in [4.69, 9.17) is 9.47 Å². The molecule has 1 aliphatic rings. The standard InChI is InChI=1S/C13H18O5/c1-7-4-3-5-9(6-7)17-13-11(16)10(15)12(18-13)8(2)14/h3-6,8,10-16H,1-2H3/t8-,10+,11-,12+,13-/m0/s1. The van der Waals surface area contributed by atoms with Gasteiger partial charge in [0, 0.05) is 0 Å². The van der Waals surface area contributed by atoms with Crippen molar-refractivity contribution in [2.75, 3.05) is 0 Å². The SMILES string of the molecule is Cc1cccc(O[C@H]2O[C@H]([C@H](C)O)[C@H](O)[C@@H]2O)c1. The van der Waals surface area contributed by atoms with E-state index in [1.165, 1.54) is 6.92 Å². The van der Waals surface area contributed by atoms with Gasteiger partial charge in [0.2, 0.25) is 6.29 Å². The molecule has 1 heterocycles. The van der Waals surface area contributed by atoms with Crippen molar-refractivity contribution in [1.82, 2.24) is 0 Å². The van der Waals surface area contributed by atoms with E-state index in [1.54, 1.807) is 12.1 Å². The van der Waals surface area contributed by atoms with E-state index in [2.05, 4.69) is 0 Å². The van der Waals surface area contributed by atoms with Gasteiger partial charge in [0.25, 0.3) is 0 Å². The van der Waals surface area contributed by atoms with Gasteiger partial charge < -0.3 is 24.8 Å². The largest absolute Gasteiger partial charge is 0.462 e. The maximum atomic E-state index is 9.80. The van der Waals surface area contributed by atoms with Gasteiger partial charge in [-0.15, -0.1) is 0 Å². The highest BCUT2D eigenvalue weighted by Crippen LogP contribution is 2.26. The summed E-state index contributed by atoms with van der Waals surface area (Å²) in [4.78, 5) is 0. The molecule has 1 aromatic carbocycles. The summed E-state index contributed by atoms with van der Waals surface area (Å²) in [6.07, 6.45) is -5.01. The van der Waals surface area contributed by atoms with Crippen LogP contribution >= 0.6 is 0 Å². The molecular formula is C13H18O5. The van der Waals surface area contributed by atoms with E-state index in [9.17, 15) is 15.3 Å². The topological polar surface area (TPSA) is 79.2 Å². The summed E-state index contributed by atoms with van der Waals surface area (Å²) in [5, 5.41) is 28.9. The van der Waals surface area contributed by atoms with Gasteiger partial charge in [-0.3, -0.25) is 0 Å². The van der Waals surface area contributed by atoms with E-state index in [1.807, 2.05) is 19.1 Å². The van der Waals surface area contributed by atoms with Gasteiger partial charge in [0.05, 0.1) is 6.10 Å². The van der Waals surface area contributed by atoms with Crippen LogP contribution in [0.2, 0.25) is 0 Å². The molecule has 1 aliphatic heterocycles. The summed E-state index contributed by atoms with van der Waals surface area (Å²) in [5.41, 5.74) is 1.02. The number of rotatable bonds is 3. The van der Waals surface area contributed by atoms with Gasteiger partial charge in [-0.05, 0) is 31.5 Å². The van der Waals surface area contributed by atoms with Crippen molar-refractivity contribution < 1.29 is 24.8 Å². The van der Waals surface area contributed by atoms with Crippen LogP contribution in [0.4, 0.5) is 0 Å². The fourth-order valence-electron chi connectivity index (χ4n) is 1.99. The molecule has 5 nitrogen and oxygen atoms in total. The second kappa shape index (κ2) is 5.24. The molecule has 2 rings (SSSR count). The van der Waals surface area contributed by atoms with Crippen LogP contribution in [0.15, 0.2) is 24.3 Å². The third-order valence-electron chi connectivity index (χ3n) is 2.97. The van der Waals surface area contributed by atoms with Crippen LogP contribution in [0.5, 0.6) is 5.75 Å². The molecule has 1 aromatic rings. The quantitative estimate of drug-likeness (QED) is 0.718. The summed E-state index contributed by atoms with van der Waals surface area (Å²) in [5.74, 6) is 0.553. The zero-order valence-corrected chi connectivity index (χ0v) is 10.4. The van der Waals surface area contributed by atoms with E-state index in [-0.39, 0.29) is 0 Å². The van der Waals surface area contributed by atoms with Crippen molar-refractivity contribution in [2.45, 2.75) is 44.6 Å². The lowest BCUT2D eigenvalue weighted by atomic mass is 10.1. The zero-order chi connectivity index (χ0) is 13.3. The average molecular weight is 254 g/mol. The normalized spacial score (nSPS) is 33.4. The van der Waals surface area contributed by atoms with Crippen LogP contribution in [0.1, 0.15) is 12.5 Å². The first-order valence-corrected chi connectivity index (χ1v) is 5.92. The van der Waals surface area contributed by atoms with E-state index >= 15 is 0 Å². The lowest BCUT2D eigenvalue weighted by Crippen LogP contribution is -2.38. The monoisotopic (exact) mass is 254 g/mol. The number of ether oxygens (including phenoxy) is 2. The molecule has 1 fully saturated rings. The van der Waals surface area contributed by atoms with Crippen LogP contribution in [0.25, 0.3) is 0 Å². The summed E-state index contributed by atoms with van der Waals surface area (Å²) >= 11 is 0. The van der Waals surface area contributed by atoms with Crippen molar-refractivity contribution in [3.05, 3.63) is 29.8 Å². The molecule has 5 atom stereocenters. The fraction of sp³-hybridized carbons (Fsp3) is 0.538. The lowest BCUT2D eigenvalue weighted by Gasteiger charge is -2.17. The highest BCUT2D eigenvalue weighted by atomic mass is 16.7. The predicted octanol–water partition coefficient (Wildman–Crippen LogP) is 0.201. The molecule has 0 bridgehead atoms. The third kappa shape index (κ3) is 2.64. The van der Waals surface area contributed by atoms with E-state index in [0.29, 0.717) is 5.75 Å². The maximum absolute atomic E-state index is 9.80. The van der Waals surface area contributed by atoms with E-state index < -0.39 is 30.7 Å². The molecule has 3 N–H and O–H groups in total. The van der Waals surface area contributed by atoms with Gasteiger partial charge in [-0.2, -0.15) is 0 Å². The summed E-state index contributed by atoms with van der Waals surface area (Å²) in [6, 6.07) is 7.30. The second-order valence-corrected chi connectivity index (χ2v) is 4.63. The molecule has 0 unspecified atom stereocenters. The van der Waals surface area contributed by atoms with Crippen molar-refractivity contribution in [2.24, 2.45) is 0 Å². The number of hydrogen-bond acceptors (Lipinski definition) is 5. The van der Waals surface area contributed by atoms with Crippen LogP contribution in [0, 0.1) is 6.92 Å². The maximum Gasteiger partial charge on any atom is 0.229 e. The molecule has 100 valence electrons. The minimum Gasteiger partial charge on any atom is -0.462 e. The Morgan fingerprint density at radius 2 is 2.00 bits per heavy atom. The molecule has 5 heteroatoms. The molecule has 0 aliphatic carbocycles. The Balaban J connectivity index is 2.06. The molecule has 0 amide bonds. The first-order valence-electron chi connectivity index (χ1n) is 5.92. The van der Waals surface area contributed by atoms with Gasteiger partial charge in [-0.1, -0.05) is 12.1 Å². The Hall–Kier alpha value is -1.14. The molecular weight excluding hydrogens is 236 g/mol. The molecule has 0 radical (unpaired) electrons. The molecule has 0 spiro atoms. The summed E-state index contributed by atoms with van der Waals surface area (Å²) < 4.78 is 10.8. The van der Waals surface area contributed by atoms with Crippen molar-refractivity contribution in [3.8, 4) is 5.75 Å². The Kier molecular flexibility index (Phi) is 3.87. The van der Waals surface area contributed by atoms with Crippen LogP contribution in [-0.2, 0) is 4.74 Å². The number of aliphatic hydroxyl groups is 3. The third-order valence-corrected chi connectivity index (χ3v) is 2.97. The van der Waals surface area contributed by atoms with Gasteiger partial charge in [0.15, 0.2) is 0 Å². The first kappa shape index (κ1) is 13.3. The Morgan fingerprint density at radius 3 is 2.56 bits per heavy atom. The Bertz CT molecular complexity index is 406. The number of hydrogen-bond donors (Lipinski definition) is 3. The molecule has 0 saturated carbocycles. The van der Waals surface area contributed by atoms with Crippen molar-refractivity contribution >= 4 is 0 Å². The van der Waals surface area contributed by atoms with Crippen LogP contribution in [0.3, 0.4) is 0 Å². The Labute approximate surface area is 106 Å². The average Bonchev–Trinajstić information content (AvgIpc) is 2.58. The number of aryl methyl sites for hydroxylation is 1. The van der Waals surface area contributed by atoms with E-state index in [0.717, 1.165) is 5.56 Å². The molecule has 0 aromatic heterocycles. The van der Waals surface area contributed by atoms with Crippen LogP contribution < -0.4 is 4.74 Å². The highest BCUT2D eigenvalue weighted by molar-refractivity contribution is 5.27. The summed E-state index contributed by atoms with van der Waals surface area (Å²) in [6.45, 7) is 3.42. The van der Waals surface area contributed by atoms with Gasteiger partial charge in [0.1, 0.15) is 24.1 Å². The summed E-state index contributed by atoms with van der Waals surface area (Å²) in [7, 11) is 0. The first-order chi connectivity index (χ1) is 8.49. The lowest BCUT2D eigenvalue weighted by molar-refractivity contribution is -0.128. The van der Waals surface area contributed by atoms with Crippen molar-refractivity contribution in [1.29, 1.82) is 0 Å². The minimum absolute atomic E-state index is 0.553. The number of aliphatic hydroxyl groups excluding tert-OH is 3. The molecule has 1 saturated heterocycles. The second-order valence-electron chi connectivity index (χ2n) is 4.63. The predicted molar refractivity (Wildman–Crippen MR) is 64.2 cm³/mol. The minimum atomic E-state index is -1.18. The Morgan fingerprint density at radius 1 is 1.28 bits per heavy atom. The zero-order valence-electron chi connectivity index (χ0n) is 10.4. The highest BCUT2D eigenvalue weighted by Gasteiger charge is 2.46. The number of benzene rings is 1. The van der Waals surface area contributed by atoms with Gasteiger partial charge in [-0.25, -0.2) is 0 Å². The van der Waals surface area contributed by atoms with Crippen LogP contribution in [-0.4, -0.2) is 46.0 Å².